The van der Waals surface area contributed by atoms with Crippen LogP contribution in [0.5, 0.6) is 0 Å². The number of fused-ring (bicyclic) bond motifs is 3. The third kappa shape index (κ3) is 2.72. The SMILES string of the molecule is CC(C)c1ccc(S(=O)(=O)c2nnn3c2[nH]c(=O)c2c(Cl)cccc23)cc1. The molecule has 0 aliphatic rings. The van der Waals surface area contributed by atoms with Crippen molar-refractivity contribution in [1.82, 2.24) is 19.8 Å². The summed E-state index contributed by atoms with van der Waals surface area (Å²) in [6, 6.07) is 11.5. The van der Waals surface area contributed by atoms with Gasteiger partial charge in [0.25, 0.3) is 5.56 Å². The molecule has 2 heterocycles. The van der Waals surface area contributed by atoms with Crippen molar-refractivity contribution in [3.63, 3.8) is 0 Å². The Morgan fingerprint density at radius 3 is 2.48 bits per heavy atom. The number of nitrogens with one attached hydrogen (secondary N) is 1. The minimum Gasteiger partial charge on any atom is -0.304 e. The van der Waals surface area contributed by atoms with E-state index in [1.807, 2.05) is 13.8 Å². The minimum atomic E-state index is -3.96. The Labute approximate surface area is 159 Å². The van der Waals surface area contributed by atoms with Crippen LogP contribution in [0.1, 0.15) is 25.3 Å². The van der Waals surface area contributed by atoms with E-state index in [2.05, 4.69) is 15.3 Å². The first kappa shape index (κ1) is 17.7. The zero-order valence-electron chi connectivity index (χ0n) is 14.5. The Morgan fingerprint density at radius 1 is 1.11 bits per heavy atom. The third-order valence-corrected chi connectivity index (χ3v) is 6.42. The van der Waals surface area contributed by atoms with Gasteiger partial charge >= 0.3 is 0 Å². The predicted octanol–water partition coefficient (Wildman–Crippen LogP) is 3.18. The number of halogens is 1. The normalized spacial score (nSPS) is 12.3. The standard InChI is InChI=1S/C18H15ClN4O3S/c1-10(2)11-6-8-12(9-7-11)27(25,26)18-16-20-17(24)15-13(19)4-3-5-14(15)23(16)22-21-18/h3-10H,1-2H3,(H,20,24). The second kappa shape index (κ2) is 6.17. The van der Waals surface area contributed by atoms with Crippen LogP contribution in [0, 0.1) is 0 Å². The van der Waals surface area contributed by atoms with Gasteiger partial charge in [0, 0.05) is 0 Å². The highest BCUT2D eigenvalue weighted by molar-refractivity contribution is 7.91. The summed E-state index contributed by atoms with van der Waals surface area (Å²) in [7, 11) is -3.96. The molecule has 0 aliphatic carbocycles. The summed E-state index contributed by atoms with van der Waals surface area (Å²) in [6.07, 6.45) is 0. The van der Waals surface area contributed by atoms with Crippen LogP contribution < -0.4 is 5.56 Å². The van der Waals surface area contributed by atoms with Gasteiger partial charge in [-0.15, -0.1) is 5.10 Å². The summed E-state index contributed by atoms with van der Waals surface area (Å²) in [5, 5.41) is 7.93. The van der Waals surface area contributed by atoms with Gasteiger partial charge in [-0.2, -0.15) is 4.52 Å². The molecule has 2 aromatic heterocycles. The van der Waals surface area contributed by atoms with Gasteiger partial charge in [0.05, 0.1) is 20.8 Å². The largest absolute Gasteiger partial charge is 0.304 e. The Kier molecular flexibility index (Phi) is 4.05. The van der Waals surface area contributed by atoms with Gasteiger partial charge in [0.2, 0.25) is 14.9 Å². The maximum atomic E-state index is 13.0. The summed E-state index contributed by atoms with van der Waals surface area (Å²) in [5.41, 5.74) is 0.904. The molecule has 0 unspecified atom stereocenters. The number of aromatic amines is 1. The molecule has 7 nitrogen and oxygen atoms in total. The quantitative estimate of drug-likeness (QED) is 0.567. The first-order valence-electron chi connectivity index (χ1n) is 8.21. The van der Waals surface area contributed by atoms with E-state index in [-0.39, 0.29) is 31.9 Å². The Balaban J connectivity index is 1.96. The van der Waals surface area contributed by atoms with E-state index in [1.54, 1.807) is 30.3 Å². The molecule has 0 atom stereocenters. The van der Waals surface area contributed by atoms with E-state index in [4.69, 9.17) is 11.6 Å². The molecule has 0 aliphatic heterocycles. The van der Waals surface area contributed by atoms with E-state index >= 15 is 0 Å². The maximum absolute atomic E-state index is 13.0. The van der Waals surface area contributed by atoms with Gasteiger partial charge in [0.15, 0.2) is 5.65 Å². The molecule has 0 radical (unpaired) electrons. The second-order valence-electron chi connectivity index (χ2n) is 6.47. The molecule has 0 saturated carbocycles. The van der Waals surface area contributed by atoms with Crippen molar-refractivity contribution < 1.29 is 8.42 Å². The van der Waals surface area contributed by atoms with Crippen molar-refractivity contribution in [2.75, 3.05) is 0 Å². The molecule has 138 valence electrons. The molecule has 2 aromatic carbocycles. The lowest BCUT2D eigenvalue weighted by molar-refractivity contribution is 0.592. The molecule has 4 rings (SSSR count). The van der Waals surface area contributed by atoms with E-state index in [9.17, 15) is 13.2 Å². The van der Waals surface area contributed by atoms with Crippen LogP contribution in [0.4, 0.5) is 0 Å². The minimum absolute atomic E-state index is 0.00250. The van der Waals surface area contributed by atoms with Crippen LogP contribution in [0.15, 0.2) is 57.2 Å². The first-order chi connectivity index (χ1) is 12.8. The average molecular weight is 403 g/mol. The molecule has 4 aromatic rings. The number of benzene rings is 2. The van der Waals surface area contributed by atoms with Crippen molar-refractivity contribution in [3.8, 4) is 0 Å². The van der Waals surface area contributed by atoms with Crippen LogP contribution >= 0.6 is 11.6 Å². The van der Waals surface area contributed by atoms with Crippen LogP contribution in [0.3, 0.4) is 0 Å². The lowest BCUT2D eigenvalue weighted by Crippen LogP contribution is -2.12. The maximum Gasteiger partial charge on any atom is 0.260 e. The van der Waals surface area contributed by atoms with E-state index in [0.717, 1.165) is 5.56 Å². The molecule has 0 spiro atoms. The number of H-pyrrole nitrogens is 1. The highest BCUT2D eigenvalue weighted by Gasteiger charge is 2.26. The zero-order valence-corrected chi connectivity index (χ0v) is 16.0. The highest BCUT2D eigenvalue weighted by Crippen LogP contribution is 2.26. The average Bonchev–Trinajstić information content (AvgIpc) is 3.06. The van der Waals surface area contributed by atoms with Crippen LogP contribution in [-0.4, -0.2) is 28.2 Å². The summed E-state index contributed by atoms with van der Waals surface area (Å²) in [4.78, 5) is 15.1. The molecule has 1 N–H and O–H groups in total. The van der Waals surface area contributed by atoms with Gasteiger partial charge in [-0.3, -0.25) is 4.79 Å². The molecule has 9 heteroatoms. The van der Waals surface area contributed by atoms with Crippen molar-refractivity contribution in [1.29, 1.82) is 0 Å². The van der Waals surface area contributed by atoms with Crippen molar-refractivity contribution >= 4 is 38.0 Å². The van der Waals surface area contributed by atoms with Crippen LogP contribution in [-0.2, 0) is 9.84 Å². The first-order valence-corrected chi connectivity index (χ1v) is 10.1. The molecule has 0 fully saturated rings. The summed E-state index contributed by atoms with van der Waals surface area (Å²) in [5.74, 6) is 0.282. The van der Waals surface area contributed by atoms with Gasteiger partial charge < -0.3 is 4.98 Å². The Morgan fingerprint density at radius 2 is 1.81 bits per heavy atom. The third-order valence-electron chi connectivity index (χ3n) is 4.43. The van der Waals surface area contributed by atoms with Crippen molar-refractivity contribution in [2.45, 2.75) is 29.7 Å². The summed E-state index contributed by atoms with van der Waals surface area (Å²) >= 11 is 6.10. The lowest BCUT2D eigenvalue weighted by atomic mass is 10.0. The molecule has 0 saturated heterocycles. The molecule has 0 bridgehead atoms. The van der Waals surface area contributed by atoms with E-state index in [0.29, 0.717) is 5.52 Å². The fourth-order valence-electron chi connectivity index (χ4n) is 2.95. The van der Waals surface area contributed by atoms with Gasteiger partial charge in [-0.1, -0.05) is 48.9 Å². The Bertz CT molecular complexity index is 1340. The number of hydrogen-bond acceptors (Lipinski definition) is 5. The Hall–Kier alpha value is -2.71. The topological polar surface area (TPSA) is 97.2 Å². The number of rotatable bonds is 3. The molecular formula is C18H15ClN4O3S. The van der Waals surface area contributed by atoms with E-state index in [1.165, 1.54) is 16.6 Å². The zero-order chi connectivity index (χ0) is 19.3. The van der Waals surface area contributed by atoms with Crippen LogP contribution in [0.25, 0.3) is 16.6 Å². The second-order valence-corrected chi connectivity index (χ2v) is 8.74. The molecule has 27 heavy (non-hydrogen) atoms. The lowest BCUT2D eigenvalue weighted by Gasteiger charge is -2.07. The number of nitrogens with zero attached hydrogens (tertiary/aromatic N) is 3. The summed E-state index contributed by atoms with van der Waals surface area (Å²) < 4.78 is 27.4. The van der Waals surface area contributed by atoms with Gasteiger partial charge in [0.1, 0.15) is 0 Å². The van der Waals surface area contributed by atoms with Crippen molar-refractivity contribution in [2.24, 2.45) is 0 Å². The van der Waals surface area contributed by atoms with E-state index < -0.39 is 15.4 Å². The summed E-state index contributed by atoms with van der Waals surface area (Å²) in [6.45, 7) is 4.05. The number of hydrogen-bond donors (Lipinski definition) is 1. The highest BCUT2D eigenvalue weighted by atomic mass is 35.5. The monoisotopic (exact) mass is 402 g/mol. The van der Waals surface area contributed by atoms with Crippen LogP contribution in [0.2, 0.25) is 5.02 Å². The van der Waals surface area contributed by atoms with Gasteiger partial charge in [-0.05, 0) is 35.7 Å². The van der Waals surface area contributed by atoms with Gasteiger partial charge in [-0.25, -0.2) is 8.42 Å². The smallest absolute Gasteiger partial charge is 0.260 e. The van der Waals surface area contributed by atoms with Crippen molar-refractivity contribution in [3.05, 3.63) is 63.4 Å². The molecule has 0 amide bonds. The molecular weight excluding hydrogens is 388 g/mol. The fraction of sp³-hybridized carbons (Fsp3) is 0.167. The number of aromatic nitrogens is 4. The number of sulfone groups is 1. The predicted molar refractivity (Wildman–Crippen MR) is 102 cm³/mol. The fourth-order valence-corrected chi connectivity index (χ4v) is 4.46.